The van der Waals surface area contributed by atoms with Crippen LogP contribution in [0.15, 0.2) is 30.6 Å². The zero-order chi connectivity index (χ0) is 9.42. The second-order valence-electron chi connectivity index (χ2n) is 3.22. The number of nitrogens with zero attached hydrogens (tertiary/aromatic N) is 1. The molecule has 1 heterocycles. The molecule has 0 amide bonds. The molecule has 3 heteroatoms. The molecule has 13 heavy (non-hydrogen) atoms. The Morgan fingerprint density at radius 1 is 1.46 bits per heavy atom. The molecule has 0 unspecified atom stereocenters. The van der Waals surface area contributed by atoms with E-state index >= 15 is 0 Å². The van der Waals surface area contributed by atoms with Crippen molar-refractivity contribution in [3.05, 3.63) is 47.5 Å². The number of nitrogens with two attached hydrogens (primary N) is 1. The van der Waals surface area contributed by atoms with E-state index < -0.39 is 0 Å². The summed E-state index contributed by atoms with van der Waals surface area (Å²) in [7, 11) is 0. The van der Waals surface area contributed by atoms with Crippen LogP contribution in [-0.2, 0) is 13.1 Å². The molecule has 0 saturated heterocycles. The molecule has 1 aromatic rings. The van der Waals surface area contributed by atoms with Crippen LogP contribution in [0.4, 0.5) is 4.39 Å². The second kappa shape index (κ2) is 2.76. The number of benzene rings is 1. The van der Waals surface area contributed by atoms with Gasteiger partial charge in [-0.2, -0.15) is 0 Å². The van der Waals surface area contributed by atoms with E-state index in [-0.39, 0.29) is 5.82 Å². The average Bonchev–Trinajstić information content (AvgIpc) is 2.49. The lowest BCUT2D eigenvalue weighted by molar-refractivity contribution is 0.357. The Bertz CT molecular complexity index is 360. The Kier molecular flexibility index (Phi) is 1.72. The van der Waals surface area contributed by atoms with Gasteiger partial charge in [0.15, 0.2) is 0 Å². The third kappa shape index (κ3) is 1.26. The van der Waals surface area contributed by atoms with Gasteiger partial charge in [0.25, 0.3) is 0 Å². The predicted molar refractivity (Wildman–Crippen MR) is 49.0 cm³/mol. The third-order valence-corrected chi connectivity index (χ3v) is 2.33. The Hall–Kier alpha value is -1.51. The van der Waals surface area contributed by atoms with E-state index in [9.17, 15) is 4.39 Å². The van der Waals surface area contributed by atoms with E-state index in [4.69, 9.17) is 5.73 Å². The molecule has 0 bridgehead atoms. The minimum absolute atomic E-state index is 0.152. The van der Waals surface area contributed by atoms with E-state index in [1.807, 2.05) is 11.0 Å². The van der Waals surface area contributed by atoms with Gasteiger partial charge >= 0.3 is 0 Å². The van der Waals surface area contributed by atoms with Crippen LogP contribution in [0.2, 0.25) is 0 Å². The third-order valence-electron chi connectivity index (χ3n) is 2.33. The van der Waals surface area contributed by atoms with Gasteiger partial charge < -0.3 is 10.6 Å². The van der Waals surface area contributed by atoms with Gasteiger partial charge in [-0.3, -0.25) is 0 Å². The summed E-state index contributed by atoms with van der Waals surface area (Å²) < 4.78 is 13.2. The van der Waals surface area contributed by atoms with Crippen LogP contribution in [0.3, 0.4) is 0 Å². The highest BCUT2D eigenvalue weighted by molar-refractivity contribution is 5.32. The smallest absolute Gasteiger partial charge is 0.128 e. The van der Waals surface area contributed by atoms with Crippen molar-refractivity contribution in [3.63, 3.8) is 0 Å². The van der Waals surface area contributed by atoms with Crippen LogP contribution in [0, 0.1) is 5.82 Å². The molecule has 0 saturated carbocycles. The minimum atomic E-state index is -0.152. The maximum atomic E-state index is 13.2. The molecular formula is C10H11FN2. The quantitative estimate of drug-likeness (QED) is 0.707. The largest absolute Gasteiger partial charge is 0.386 e. The summed E-state index contributed by atoms with van der Waals surface area (Å²) >= 11 is 0. The second-order valence-corrected chi connectivity index (χ2v) is 3.22. The molecule has 1 aliphatic heterocycles. The topological polar surface area (TPSA) is 29.3 Å². The first kappa shape index (κ1) is 8.10. The monoisotopic (exact) mass is 178 g/mol. The van der Waals surface area contributed by atoms with Crippen LogP contribution < -0.4 is 5.73 Å². The molecule has 0 fully saturated rings. The zero-order valence-electron chi connectivity index (χ0n) is 7.26. The van der Waals surface area contributed by atoms with Crippen LogP contribution in [0.25, 0.3) is 0 Å². The van der Waals surface area contributed by atoms with Crippen molar-refractivity contribution in [2.45, 2.75) is 13.1 Å². The lowest BCUT2D eigenvalue weighted by Crippen LogP contribution is -2.20. The van der Waals surface area contributed by atoms with Crippen LogP contribution >= 0.6 is 0 Å². The number of hydrogen-bond donors (Lipinski definition) is 1. The first-order valence-electron chi connectivity index (χ1n) is 4.14. The summed E-state index contributed by atoms with van der Waals surface area (Å²) in [5.74, 6) is 0.344. The zero-order valence-corrected chi connectivity index (χ0v) is 7.26. The fourth-order valence-corrected chi connectivity index (χ4v) is 1.58. The highest BCUT2D eigenvalue weighted by Crippen LogP contribution is 2.25. The van der Waals surface area contributed by atoms with Gasteiger partial charge in [0.05, 0.1) is 5.82 Å². The molecule has 0 spiro atoms. The normalized spacial score (nSPS) is 14.4. The summed E-state index contributed by atoms with van der Waals surface area (Å²) in [6.07, 6.45) is 0. The van der Waals surface area contributed by atoms with Crippen molar-refractivity contribution in [1.29, 1.82) is 0 Å². The molecule has 2 rings (SSSR count). The summed E-state index contributed by atoms with van der Waals surface area (Å²) in [5, 5.41) is 0. The summed E-state index contributed by atoms with van der Waals surface area (Å²) in [4.78, 5) is 1.85. The maximum Gasteiger partial charge on any atom is 0.128 e. The van der Waals surface area contributed by atoms with E-state index in [0.29, 0.717) is 18.9 Å². The van der Waals surface area contributed by atoms with Crippen molar-refractivity contribution < 1.29 is 4.39 Å². The fraction of sp³-hybridized carbons (Fsp3) is 0.200. The van der Waals surface area contributed by atoms with Gasteiger partial charge in [0, 0.05) is 18.7 Å². The Morgan fingerprint density at radius 2 is 2.23 bits per heavy atom. The first-order chi connectivity index (χ1) is 6.18. The van der Waals surface area contributed by atoms with Gasteiger partial charge in [-0.05, 0) is 11.6 Å². The van der Waals surface area contributed by atoms with E-state index in [1.165, 1.54) is 6.07 Å². The van der Waals surface area contributed by atoms with E-state index in [1.54, 1.807) is 6.07 Å². The number of fused-ring (bicyclic) bond motifs is 1. The Labute approximate surface area is 76.5 Å². The van der Waals surface area contributed by atoms with Crippen molar-refractivity contribution in [3.8, 4) is 0 Å². The van der Waals surface area contributed by atoms with Crippen molar-refractivity contribution in [2.24, 2.45) is 5.73 Å². The molecule has 68 valence electrons. The SMILES string of the molecule is C=C(N)N1Cc2cccc(F)c2C1. The molecule has 1 aliphatic rings. The molecule has 1 aromatic carbocycles. The molecule has 0 aliphatic carbocycles. The van der Waals surface area contributed by atoms with Crippen LogP contribution in [0.1, 0.15) is 11.1 Å². The van der Waals surface area contributed by atoms with Gasteiger partial charge in [-0.25, -0.2) is 4.39 Å². The van der Waals surface area contributed by atoms with E-state index in [0.717, 1.165) is 11.1 Å². The Morgan fingerprint density at radius 3 is 2.85 bits per heavy atom. The van der Waals surface area contributed by atoms with E-state index in [2.05, 4.69) is 6.58 Å². The lowest BCUT2D eigenvalue weighted by atomic mass is 10.1. The van der Waals surface area contributed by atoms with Crippen molar-refractivity contribution >= 4 is 0 Å². The average molecular weight is 178 g/mol. The van der Waals surface area contributed by atoms with Gasteiger partial charge in [-0.15, -0.1) is 0 Å². The Balaban J connectivity index is 2.35. The van der Waals surface area contributed by atoms with Crippen LogP contribution in [-0.4, -0.2) is 4.90 Å². The molecular weight excluding hydrogens is 167 g/mol. The minimum Gasteiger partial charge on any atom is -0.386 e. The molecule has 2 N–H and O–H groups in total. The number of hydrogen-bond acceptors (Lipinski definition) is 2. The lowest BCUT2D eigenvalue weighted by Gasteiger charge is -2.15. The maximum absolute atomic E-state index is 13.2. The predicted octanol–water partition coefficient (Wildman–Crippen LogP) is 1.57. The van der Waals surface area contributed by atoms with Gasteiger partial charge in [0.1, 0.15) is 5.82 Å². The molecule has 0 radical (unpaired) electrons. The highest BCUT2D eigenvalue weighted by atomic mass is 19.1. The van der Waals surface area contributed by atoms with Gasteiger partial charge in [0.2, 0.25) is 0 Å². The fourth-order valence-electron chi connectivity index (χ4n) is 1.58. The van der Waals surface area contributed by atoms with Gasteiger partial charge in [-0.1, -0.05) is 18.7 Å². The first-order valence-corrected chi connectivity index (χ1v) is 4.14. The number of rotatable bonds is 1. The van der Waals surface area contributed by atoms with Crippen molar-refractivity contribution in [2.75, 3.05) is 0 Å². The summed E-state index contributed by atoms with van der Waals surface area (Å²) in [6.45, 7) is 4.84. The highest BCUT2D eigenvalue weighted by Gasteiger charge is 2.21. The van der Waals surface area contributed by atoms with Crippen molar-refractivity contribution in [1.82, 2.24) is 4.90 Å². The number of halogens is 1. The molecule has 2 nitrogen and oxygen atoms in total. The summed E-state index contributed by atoms with van der Waals surface area (Å²) in [6, 6.07) is 5.11. The molecule has 0 atom stereocenters. The standard InChI is InChI=1S/C10H11FN2/c1-7(12)13-5-8-3-2-4-10(11)9(8)6-13/h2-4H,1,5-6,12H2. The summed E-state index contributed by atoms with van der Waals surface area (Å²) in [5.41, 5.74) is 7.29. The van der Waals surface area contributed by atoms with Crippen LogP contribution in [0.5, 0.6) is 0 Å². The molecule has 0 aromatic heterocycles.